The first-order valence-corrected chi connectivity index (χ1v) is 4.59. The zero-order valence-corrected chi connectivity index (χ0v) is 8.78. The van der Waals surface area contributed by atoms with Crippen molar-refractivity contribution >= 4 is 17.6 Å². The minimum atomic E-state index is -1.30. The second kappa shape index (κ2) is 4.60. The zero-order valence-electron chi connectivity index (χ0n) is 8.78. The van der Waals surface area contributed by atoms with E-state index < -0.39 is 28.5 Å². The summed E-state index contributed by atoms with van der Waals surface area (Å²) in [7, 11) is 0. The quantitative estimate of drug-likeness (QED) is 0.606. The highest BCUT2D eigenvalue weighted by Gasteiger charge is 2.25. The van der Waals surface area contributed by atoms with E-state index >= 15 is 0 Å². The van der Waals surface area contributed by atoms with E-state index in [0.29, 0.717) is 0 Å². The summed E-state index contributed by atoms with van der Waals surface area (Å²) in [6, 6.07) is 3.15. The summed E-state index contributed by atoms with van der Waals surface area (Å²) in [4.78, 5) is 31.4. The van der Waals surface area contributed by atoms with Gasteiger partial charge in [0.05, 0.1) is 16.4 Å². The first kappa shape index (κ1) is 12.6. The van der Waals surface area contributed by atoms with Crippen molar-refractivity contribution in [3.8, 4) is 0 Å². The van der Waals surface area contributed by atoms with E-state index in [0.717, 1.165) is 18.2 Å². The topological polar surface area (TPSA) is 118 Å². The van der Waals surface area contributed by atoms with Crippen LogP contribution in [0.1, 0.15) is 28.8 Å². The van der Waals surface area contributed by atoms with Gasteiger partial charge in [0.25, 0.3) is 5.69 Å². The van der Waals surface area contributed by atoms with Crippen LogP contribution in [0, 0.1) is 10.1 Å². The van der Waals surface area contributed by atoms with Gasteiger partial charge in [-0.2, -0.15) is 0 Å². The molecule has 0 radical (unpaired) electrons. The van der Waals surface area contributed by atoms with Gasteiger partial charge in [0.1, 0.15) is 0 Å². The van der Waals surface area contributed by atoms with Crippen LogP contribution in [-0.4, -0.2) is 27.1 Å². The minimum Gasteiger partial charge on any atom is -0.481 e. The van der Waals surface area contributed by atoms with E-state index in [-0.39, 0.29) is 11.1 Å². The molecule has 0 saturated heterocycles. The minimum absolute atomic E-state index is 0.0208. The van der Waals surface area contributed by atoms with Crippen molar-refractivity contribution in [2.45, 2.75) is 12.8 Å². The highest BCUT2D eigenvalue weighted by atomic mass is 16.6. The molecule has 0 aliphatic carbocycles. The SMILES string of the molecule is CC(C(=O)O)c1ccc(C(=O)O)cc1[N+](=O)[O-]. The van der Waals surface area contributed by atoms with Gasteiger partial charge < -0.3 is 10.2 Å². The molecule has 1 aromatic rings. The molecule has 0 heterocycles. The third-order valence-electron chi connectivity index (χ3n) is 2.31. The number of hydrogen-bond donors (Lipinski definition) is 2. The first-order chi connectivity index (χ1) is 7.84. The Bertz CT molecular complexity index is 496. The van der Waals surface area contributed by atoms with Gasteiger partial charge in [0, 0.05) is 11.6 Å². The fourth-order valence-corrected chi connectivity index (χ4v) is 1.33. The second-order valence-electron chi connectivity index (χ2n) is 3.40. The molecular weight excluding hydrogens is 230 g/mol. The summed E-state index contributed by atoms with van der Waals surface area (Å²) in [5.74, 6) is -3.59. The summed E-state index contributed by atoms with van der Waals surface area (Å²) in [5, 5.41) is 28.2. The van der Waals surface area contributed by atoms with Crippen molar-refractivity contribution in [2.24, 2.45) is 0 Å². The Labute approximate surface area is 95.5 Å². The van der Waals surface area contributed by atoms with Crippen LogP contribution in [0.4, 0.5) is 5.69 Å². The standard InChI is InChI=1S/C10H9NO6/c1-5(9(12)13)7-3-2-6(10(14)15)4-8(7)11(16)17/h2-5H,1H3,(H,12,13)(H,14,15). The van der Waals surface area contributed by atoms with Crippen molar-refractivity contribution in [1.29, 1.82) is 0 Å². The maximum Gasteiger partial charge on any atom is 0.335 e. The summed E-state index contributed by atoms with van der Waals surface area (Å²) in [5.41, 5.74) is -0.773. The smallest absolute Gasteiger partial charge is 0.335 e. The Hall–Kier alpha value is -2.44. The molecule has 0 bridgehead atoms. The lowest BCUT2D eigenvalue weighted by molar-refractivity contribution is -0.385. The number of nitrogens with zero attached hydrogens (tertiary/aromatic N) is 1. The van der Waals surface area contributed by atoms with E-state index in [1.54, 1.807) is 0 Å². The highest BCUT2D eigenvalue weighted by molar-refractivity contribution is 5.89. The summed E-state index contributed by atoms with van der Waals surface area (Å²) in [6.45, 7) is 1.30. The Balaban J connectivity index is 3.37. The van der Waals surface area contributed by atoms with Crippen LogP contribution in [0.25, 0.3) is 0 Å². The van der Waals surface area contributed by atoms with E-state index in [1.165, 1.54) is 6.92 Å². The van der Waals surface area contributed by atoms with E-state index in [2.05, 4.69) is 0 Å². The average molecular weight is 239 g/mol. The molecule has 0 aliphatic rings. The number of nitro benzene ring substituents is 1. The van der Waals surface area contributed by atoms with E-state index in [1.807, 2.05) is 0 Å². The molecule has 2 N–H and O–H groups in total. The third kappa shape index (κ3) is 2.57. The molecular formula is C10H9NO6. The van der Waals surface area contributed by atoms with Gasteiger partial charge in [0.15, 0.2) is 0 Å². The lowest BCUT2D eigenvalue weighted by Gasteiger charge is -2.07. The molecule has 17 heavy (non-hydrogen) atoms. The number of carboxylic acids is 2. The number of rotatable bonds is 4. The maximum absolute atomic E-state index is 10.8. The summed E-state index contributed by atoms with van der Waals surface area (Å²) >= 11 is 0. The normalized spacial score (nSPS) is 11.8. The fraction of sp³-hybridized carbons (Fsp3) is 0.200. The molecule has 7 heteroatoms. The molecule has 7 nitrogen and oxygen atoms in total. The molecule has 0 saturated carbocycles. The van der Waals surface area contributed by atoms with Crippen molar-refractivity contribution in [3.63, 3.8) is 0 Å². The van der Waals surface area contributed by atoms with Crippen LogP contribution >= 0.6 is 0 Å². The van der Waals surface area contributed by atoms with Crippen molar-refractivity contribution in [2.75, 3.05) is 0 Å². The lowest BCUT2D eigenvalue weighted by atomic mass is 9.98. The number of benzene rings is 1. The fourth-order valence-electron chi connectivity index (χ4n) is 1.33. The van der Waals surface area contributed by atoms with Crippen LogP contribution in [0.5, 0.6) is 0 Å². The highest BCUT2D eigenvalue weighted by Crippen LogP contribution is 2.27. The van der Waals surface area contributed by atoms with Crippen molar-refractivity contribution in [1.82, 2.24) is 0 Å². The molecule has 0 amide bonds. The summed E-state index contributed by atoms with van der Waals surface area (Å²) < 4.78 is 0. The molecule has 0 aliphatic heterocycles. The molecule has 1 rings (SSSR count). The van der Waals surface area contributed by atoms with Crippen LogP contribution in [0.3, 0.4) is 0 Å². The summed E-state index contributed by atoms with van der Waals surface area (Å²) in [6.07, 6.45) is 0. The molecule has 0 aromatic heterocycles. The number of hydrogen-bond acceptors (Lipinski definition) is 4. The van der Waals surface area contributed by atoms with Gasteiger partial charge in [-0.1, -0.05) is 6.07 Å². The predicted molar refractivity (Wildman–Crippen MR) is 56.1 cm³/mol. The third-order valence-corrected chi connectivity index (χ3v) is 2.31. The Morgan fingerprint density at radius 1 is 1.35 bits per heavy atom. The number of carboxylic acid groups (broad SMARTS) is 2. The molecule has 90 valence electrons. The monoisotopic (exact) mass is 239 g/mol. The lowest BCUT2D eigenvalue weighted by Crippen LogP contribution is -2.10. The second-order valence-corrected chi connectivity index (χ2v) is 3.40. The Morgan fingerprint density at radius 3 is 2.35 bits per heavy atom. The Morgan fingerprint density at radius 2 is 1.94 bits per heavy atom. The van der Waals surface area contributed by atoms with Crippen molar-refractivity contribution in [3.05, 3.63) is 39.4 Å². The number of aromatic carboxylic acids is 1. The van der Waals surface area contributed by atoms with E-state index in [4.69, 9.17) is 10.2 Å². The van der Waals surface area contributed by atoms with Gasteiger partial charge in [-0.05, 0) is 13.0 Å². The zero-order chi connectivity index (χ0) is 13.2. The van der Waals surface area contributed by atoms with Gasteiger partial charge in [-0.15, -0.1) is 0 Å². The van der Waals surface area contributed by atoms with Crippen molar-refractivity contribution < 1.29 is 24.7 Å². The number of carbonyl (C=O) groups is 2. The maximum atomic E-state index is 10.8. The average Bonchev–Trinajstić information content (AvgIpc) is 2.26. The molecule has 1 aromatic carbocycles. The predicted octanol–water partition coefficient (Wildman–Crippen LogP) is 1.48. The molecule has 1 atom stereocenters. The van der Waals surface area contributed by atoms with Crippen LogP contribution in [0.15, 0.2) is 18.2 Å². The van der Waals surface area contributed by atoms with Crippen LogP contribution in [-0.2, 0) is 4.79 Å². The van der Waals surface area contributed by atoms with Gasteiger partial charge in [0.2, 0.25) is 0 Å². The number of nitro groups is 1. The van der Waals surface area contributed by atoms with E-state index in [9.17, 15) is 19.7 Å². The van der Waals surface area contributed by atoms with Gasteiger partial charge in [-0.3, -0.25) is 14.9 Å². The van der Waals surface area contributed by atoms with Crippen LogP contribution in [0.2, 0.25) is 0 Å². The Kier molecular flexibility index (Phi) is 3.42. The van der Waals surface area contributed by atoms with Gasteiger partial charge in [-0.25, -0.2) is 4.79 Å². The van der Waals surface area contributed by atoms with Crippen LogP contribution < -0.4 is 0 Å². The van der Waals surface area contributed by atoms with Gasteiger partial charge >= 0.3 is 11.9 Å². The molecule has 0 spiro atoms. The molecule has 1 unspecified atom stereocenters. The largest absolute Gasteiger partial charge is 0.481 e. The first-order valence-electron chi connectivity index (χ1n) is 4.59. The molecule has 0 fully saturated rings. The number of aliphatic carboxylic acids is 1.